The average molecular weight is 286 g/mol. The van der Waals surface area contributed by atoms with Crippen molar-refractivity contribution < 1.29 is 10.0 Å². The fourth-order valence-electron chi connectivity index (χ4n) is 2.20. The van der Waals surface area contributed by atoms with Crippen LogP contribution < -0.4 is 5.32 Å². The van der Waals surface area contributed by atoms with Crippen LogP contribution in [0.3, 0.4) is 0 Å². The van der Waals surface area contributed by atoms with Gasteiger partial charge in [-0.2, -0.15) is 0 Å². The zero-order valence-electron chi connectivity index (χ0n) is 11.8. The van der Waals surface area contributed by atoms with E-state index in [1.54, 1.807) is 6.07 Å². The van der Waals surface area contributed by atoms with E-state index < -0.39 is 11.0 Å². The number of nitro groups is 1. The summed E-state index contributed by atoms with van der Waals surface area (Å²) >= 11 is 0. The van der Waals surface area contributed by atoms with E-state index in [1.165, 1.54) is 12.1 Å². The van der Waals surface area contributed by atoms with E-state index in [1.807, 2.05) is 37.3 Å². The molecule has 110 valence electrons. The molecule has 2 aromatic carbocycles. The number of nitro benzene ring substituents is 1. The Morgan fingerprint density at radius 2 is 2.00 bits per heavy atom. The molecule has 21 heavy (non-hydrogen) atoms. The lowest BCUT2D eigenvalue weighted by Crippen LogP contribution is -2.21. The van der Waals surface area contributed by atoms with Crippen LogP contribution >= 0.6 is 0 Å². The first-order chi connectivity index (χ1) is 10.1. The number of non-ortho nitro benzene ring substituents is 1. The summed E-state index contributed by atoms with van der Waals surface area (Å²) in [4.78, 5) is 10.3. The van der Waals surface area contributed by atoms with Crippen molar-refractivity contribution in [3.8, 4) is 0 Å². The zero-order valence-corrected chi connectivity index (χ0v) is 11.8. The van der Waals surface area contributed by atoms with Crippen molar-refractivity contribution in [2.45, 2.75) is 19.6 Å². The molecule has 5 heteroatoms. The van der Waals surface area contributed by atoms with Crippen molar-refractivity contribution in [3.63, 3.8) is 0 Å². The second-order valence-electron chi connectivity index (χ2n) is 4.93. The van der Waals surface area contributed by atoms with Gasteiger partial charge in [0.15, 0.2) is 0 Å². The monoisotopic (exact) mass is 286 g/mol. The number of rotatable bonds is 6. The van der Waals surface area contributed by atoms with Crippen LogP contribution in [0.5, 0.6) is 0 Å². The lowest BCUT2D eigenvalue weighted by molar-refractivity contribution is -0.384. The fourth-order valence-corrected chi connectivity index (χ4v) is 2.20. The molecule has 0 fully saturated rings. The molecule has 0 amide bonds. The van der Waals surface area contributed by atoms with Gasteiger partial charge in [0.25, 0.3) is 5.69 Å². The lowest BCUT2D eigenvalue weighted by Gasteiger charge is -2.14. The highest BCUT2D eigenvalue weighted by atomic mass is 16.6. The molecule has 0 radical (unpaired) electrons. The summed E-state index contributed by atoms with van der Waals surface area (Å²) in [6, 6.07) is 14.2. The van der Waals surface area contributed by atoms with Gasteiger partial charge in [0.2, 0.25) is 0 Å². The Morgan fingerprint density at radius 3 is 2.71 bits per heavy atom. The van der Waals surface area contributed by atoms with Gasteiger partial charge < -0.3 is 10.4 Å². The van der Waals surface area contributed by atoms with Crippen LogP contribution in [0.1, 0.15) is 22.8 Å². The highest BCUT2D eigenvalue weighted by Gasteiger charge is 2.10. The Kier molecular flexibility index (Phi) is 5.03. The van der Waals surface area contributed by atoms with E-state index >= 15 is 0 Å². The maximum Gasteiger partial charge on any atom is 0.269 e. The Morgan fingerprint density at radius 1 is 1.24 bits per heavy atom. The second kappa shape index (κ2) is 6.97. The minimum atomic E-state index is -0.593. The Balaban J connectivity index is 1.91. The lowest BCUT2D eigenvalue weighted by atomic mass is 10.0. The molecule has 2 N–H and O–H groups in total. The molecular formula is C16H18N2O3. The van der Waals surface area contributed by atoms with E-state index in [0.717, 1.165) is 16.7 Å². The summed E-state index contributed by atoms with van der Waals surface area (Å²) in [6.07, 6.45) is -0.593. The van der Waals surface area contributed by atoms with Crippen LogP contribution in [0.4, 0.5) is 5.69 Å². The van der Waals surface area contributed by atoms with Crippen molar-refractivity contribution in [2.24, 2.45) is 0 Å². The van der Waals surface area contributed by atoms with Crippen molar-refractivity contribution in [3.05, 3.63) is 75.3 Å². The maximum absolute atomic E-state index is 10.7. The molecule has 0 heterocycles. The number of benzene rings is 2. The first kappa shape index (κ1) is 15.2. The molecule has 2 rings (SSSR count). The van der Waals surface area contributed by atoms with Crippen LogP contribution in [0.25, 0.3) is 0 Å². The Hall–Kier alpha value is -2.24. The summed E-state index contributed by atoms with van der Waals surface area (Å²) in [6.45, 7) is 2.83. The third kappa shape index (κ3) is 4.11. The van der Waals surface area contributed by atoms with Gasteiger partial charge in [0.1, 0.15) is 0 Å². The van der Waals surface area contributed by atoms with Crippen LogP contribution in [-0.2, 0) is 6.54 Å². The molecule has 0 saturated heterocycles. The summed E-state index contributed by atoms with van der Waals surface area (Å²) in [5.41, 5.74) is 2.83. The molecule has 1 unspecified atom stereocenters. The topological polar surface area (TPSA) is 75.4 Å². The Labute approximate surface area is 123 Å². The standard InChI is InChI=1S/C16H18N2O3/c1-12-5-2-3-8-15(12)16(19)11-17-10-13-6-4-7-14(9-13)18(20)21/h2-9,16-17,19H,10-11H2,1H3. The fraction of sp³-hybridized carbons (Fsp3) is 0.250. The number of nitrogens with one attached hydrogen (secondary N) is 1. The van der Waals surface area contributed by atoms with Gasteiger partial charge >= 0.3 is 0 Å². The van der Waals surface area contributed by atoms with Gasteiger partial charge in [-0.15, -0.1) is 0 Å². The number of aryl methyl sites for hydroxylation is 1. The third-order valence-corrected chi connectivity index (χ3v) is 3.34. The Bertz CT molecular complexity index is 628. The minimum absolute atomic E-state index is 0.0775. The molecule has 0 saturated carbocycles. The summed E-state index contributed by atoms with van der Waals surface area (Å²) in [7, 11) is 0. The van der Waals surface area contributed by atoms with Crippen LogP contribution in [0.15, 0.2) is 48.5 Å². The quantitative estimate of drug-likeness (QED) is 0.632. The molecule has 5 nitrogen and oxygen atoms in total. The van der Waals surface area contributed by atoms with Gasteiger partial charge in [-0.3, -0.25) is 10.1 Å². The predicted molar refractivity (Wildman–Crippen MR) is 80.9 cm³/mol. The van der Waals surface area contributed by atoms with Gasteiger partial charge in [-0.25, -0.2) is 0 Å². The molecular weight excluding hydrogens is 268 g/mol. The highest BCUT2D eigenvalue weighted by molar-refractivity contribution is 5.34. The zero-order chi connectivity index (χ0) is 15.2. The molecule has 2 aromatic rings. The highest BCUT2D eigenvalue weighted by Crippen LogP contribution is 2.17. The molecule has 0 aliphatic rings. The van der Waals surface area contributed by atoms with Crippen LogP contribution in [0, 0.1) is 17.0 Å². The molecule has 0 aliphatic carbocycles. The molecule has 0 spiro atoms. The van der Waals surface area contributed by atoms with E-state index in [4.69, 9.17) is 0 Å². The van der Waals surface area contributed by atoms with Crippen LogP contribution in [-0.4, -0.2) is 16.6 Å². The number of aliphatic hydroxyl groups excluding tert-OH is 1. The molecule has 1 atom stereocenters. The van der Waals surface area contributed by atoms with E-state index in [0.29, 0.717) is 13.1 Å². The largest absolute Gasteiger partial charge is 0.387 e. The van der Waals surface area contributed by atoms with Crippen LogP contribution in [0.2, 0.25) is 0 Å². The number of aliphatic hydroxyl groups is 1. The van der Waals surface area contributed by atoms with Gasteiger partial charge in [0, 0.05) is 25.2 Å². The predicted octanol–water partition coefficient (Wildman–Crippen LogP) is 2.73. The average Bonchev–Trinajstić information content (AvgIpc) is 2.48. The number of hydrogen-bond donors (Lipinski definition) is 2. The summed E-state index contributed by atoms with van der Waals surface area (Å²) < 4.78 is 0. The molecule has 0 aliphatic heterocycles. The smallest absolute Gasteiger partial charge is 0.269 e. The third-order valence-electron chi connectivity index (χ3n) is 3.34. The minimum Gasteiger partial charge on any atom is -0.387 e. The van der Waals surface area contributed by atoms with Gasteiger partial charge in [-0.05, 0) is 23.6 Å². The van der Waals surface area contributed by atoms with Crippen molar-refractivity contribution in [1.82, 2.24) is 5.32 Å². The summed E-state index contributed by atoms with van der Waals surface area (Å²) in [5.74, 6) is 0. The second-order valence-corrected chi connectivity index (χ2v) is 4.93. The normalized spacial score (nSPS) is 12.1. The van der Waals surface area contributed by atoms with E-state index in [2.05, 4.69) is 5.32 Å². The molecule has 0 bridgehead atoms. The first-order valence-electron chi connectivity index (χ1n) is 6.75. The summed E-state index contributed by atoms with van der Waals surface area (Å²) in [5, 5.41) is 24.0. The van der Waals surface area contributed by atoms with E-state index in [9.17, 15) is 15.2 Å². The van der Waals surface area contributed by atoms with Crippen molar-refractivity contribution in [2.75, 3.05) is 6.54 Å². The SMILES string of the molecule is Cc1ccccc1C(O)CNCc1cccc([N+](=O)[O-])c1. The van der Waals surface area contributed by atoms with Crippen molar-refractivity contribution in [1.29, 1.82) is 0 Å². The maximum atomic E-state index is 10.7. The van der Waals surface area contributed by atoms with Gasteiger partial charge in [-0.1, -0.05) is 36.4 Å². The number of nitrogens with zero attached hydrogens (tertiary/aromatic N) is 1. The van der Waals surface area contributed by atoms with Gasteiger partial charge in [0.05, 0.1) is 11.0 Å². The first-order valence-corrected chi connectivity index (χ1v) is 6.75. The van der Waals surface area contributed by atoms with E-state index in [-0.39, 0.29) is 5.69 Å². The van der Waals surface area contributed by atoms with Crippen molar-refractivity contribution >= 4 is 5.69 Å². The number of hydrogen-bond acceptors (Lipinski definition) is 4. The molecule has 0 aromatic heterocycles.